The van der Waals surface area contributed by atoms with E-state index in [1.54, 1.807) is 19.6 Å². The number of ether oxygens (including phenoxy) is 1. The van der Waals surface area contributed by atoms with E-state index in [1.807, 2.05) is 13.0 Å². The molecular weight excluding hydrogens is 166 g/mol. The lowest BCUT2D eigenvalue weighted by molar-refractivity contribution is 0.0834. The first kappa shape index (κ1) is 10.3. The second kappa shape index (κ2) is 5.04. The van der Waals surface area contributed by atoms with Crippen molar-refractivity contribution >= 4 is 0 Å². The SMILES string of the molecule is CCNC(c1ccoc1)C(C)OC. The average molecular weight is 183 g/mol. The van der Waals surface area contributed by atoms with Gasteiger partial charge in [0.15, 0.2) is 0 Å². The van der Waals surface area contributed by atoms with Gasteiger partial charge in [0.25, 0.3) is 0 Å². The molecule has 3 nitrogen and oxygen atoms in total. The van der Waals surface area contributed by atoms with Crippen LogP contribution in [-0.4, -0.2) is 19.8 Å². The Morgan fingerprint density at radius 1 is 1.62 bits per heavy atom. The van der Waals surface area contributed by atoms with Crippen LogP contribution in [0, 0.1) is 0 Å². The van der Waals surface area contributed by atoms with Gasteiger partial charge in [0.05, 0.1) is 24.7 Å². The molecule has 1 N–H and O–H groups in total. The van der Waals surface area contributed by atoms with Crippen LogP contribution < -0.4 is 5.32 Å². The summed E-state index contributed by atoms with van der Waals surface area (Å²) in [5, 5.41) is 3.35. The Hall–Kier alpha value is -0.800. The van der Waals surface area contributed by atoms with Crippen LogP contribution in [0.3, 0.4) is 0 Å². The van der Waals surface area contributed by atoms with Crippen LogP contribution in [0.2, 0.25) is 0 Å². The molecule has 1 heterocycles. The van der Waals surface area contributed by atoms with Gasteiger partial charge in [-0.1, -0.05) is 6.92 Å². The van der Waals surface area contributed by atoms with Crippen molar-refractivity contribution in [2.24, 2.45) is 0 Å². The average Bonchev–Trinajstić information content (AvgIpc) is 2.65. The number of rotatable bonds is 5. The third kappa shape index (κ3) is 2.57. The van der Waals surface area contributed by atoms with Crippen molar-refractivity contribution in [1.82, 2.24) is 5.32 Å². The maximum absolute atomic E-state index is 5.28. The van der Waals surface area contributed by atoms with Crippen LogP contribution >= 0.6 is 0 Å². The fourth-order valence-electron chi connectivity index (χ4n) is 1.36. The Morgan fingerprint density at radius 2 is 2.38 bits per heavy atom. The Kier molecular flexibility index (Phi) is 3.99. The molecule has 1 aromatic heterocycles. The number of nitrogens with one attached hydrogen (secondary N) is 1. The number of hydrogen-bond acceptors (Lipinski definition) is 3. The molecule has 0 fully saturated rings. The van der Waals surface area contributed by atoms with Crippen molar-refractivity contribution in [3.05, 3.63) is 24.2 Å². The Morgan fingerprint density at radius 3 is 2.85 bits per heavy atom. The molecule has 0 aliphatic carbocycles. The second-order valence-corrected chi connectivity index (χ2v) is 3.03. The molecule has 3 heteroatoms. The van der Waals surface area contributed by atoms with Crippen LogP contribution in [0.5, 0.6) is 0 Å². The Bertz CT molecular complexity index is 221. The minimum Gasteiger partial charge on any atom is -0.472 e. The number of hydrogen-bond donors (Lipinski definition) is 1. The summed E-state index contributed by atoms with van der Waals surface area (Å²) >= 11 is 0. The Balaban J connectivity index is 2.68. The topological polar surface area (TPSA) is 34.4 Å². The summed E-state index contributed by atoms with van der Waals surface area (Å²) in [5.41, 5.74) is 1.14. The van der Waals surface area contributed by atoms with E-state index in [0.717, 1.165) is 12.1 Å². The summed E-state index contributed by atoms with van der Waals surface area (Å²) in [6.07, 6.45) is 3.59. The predicted molar refractivity (Wildman–Crippen MR) is 51.6 cm³/mol. The second-order valence-electron chi connectivity index (χ2n) is 3.03. The normalized spacial score (nSPS) is 15.6. The third-order valence-corrected chi connectivity index (χ3v) is 2.17. The number of furan rings is 1. The highest BCUT2D eigenvalue weighted by Crippen LogP contribution is 2.18. The maximum Gasteiger partial charge on any atom is 0.0951 e. The van der Waals surface area contributed by atoms with Gasteiger partial charge in [-0.15, -0.1) is 0 Å². The van der Waals surface area contributed by atoms with Gasteiger partial charge < -0.3 is 14.5 Å². The zero-order valence-electron chi connectivity index (χ0n) is 8.41. The van der Waals surface area contributed by atoms with Gasteiger partial charge in [-0.2, -0.15) is 0 Å². The van der Waals surface area contributed by atoms with Gasteiger partial charge in [0.1, 0.15) is 0 Å². The summed E-state index contributed by atoms with van der Waals surface area (Å²) in [6, 6.07) is 2.18. The number of likely N-dealkylation sites (N-methyl/N-ethyl adjacent to an activating group) is 1. The summed E-state index contributed by atoms with van der Waals surface area (Å²) in [6.45, 7) is 5.04. The summed E-state index contributed by atoms with van der Waals surface area (Å²) in [7, 11) is 1.72. The molecule has 2 atom stereocenters. The maximum atomic E-state index is 5.28. The number of methoxy groups -OCH3 is 1. The highest BCUT2D eigenvalue weighted by Gasteiger charge is 2.18. The first-order chi connectivity index (χ1) is 6.29. The summed E-state index contributed by atoms with van der Waals surface area (Å²) in [4.78, 5) is 0. The largest absolute Gasteiger partial charge is 0.472 e. The smallest absolute Gasteiger partial charge is 0.0951 e. The van der Waals surface area contributed by atoms with Crippen LogP contribution in [-0.2, 0) is 4.74 Å². The van der Waals surface area contributed by atoms with Crippen LogP contribution in [0.1, 0.15) is 25.5 Å². The van der Waals surface area contributed by atoms with Crippen molar-refractivity contribution in [3.8, 4) is 0 Å². The molecule has 0 radical (unpaired) electrons. The lowest BCUT2D eigenvalue weighted by Gasteiger charge is -2.22. The molecule has 0 saturated heterocycles. The van der Waals surface area contributed by atoms with E-state index < -0.39 is 0 Å². The molecule has 2 unspecified atom stereocenters. The fourth-order valence-corrected chi connectivity index (χ4v) is 1.36. The van der Waals surface area contributed by atoms with Gasteiger partial charge >= 0.3 is 0 Å². The van der Waals surface area contributed by atoms with Crippen LogP contribution in [0.15, 0.2) is 23.0 Å². The summed E-state index contributed by atoms with van der Waals surface area (Å²) < 4.78 is 10.3. The molecule has 0 aliphatic rings. The minimum atomic E-state index is 0.151. The van der Waals surface area contributed by atoms with Crippen molar-refractivity contribution in [1.29, 1.82) is 0 Å². The van der Waals surface area contributed by atoms with E-state index in [2.05, 4.69) is 12.2 Å². The zero-order chi connectivity index (χ0) is 9.68. The third-order valence-electron chi connectivity index (χ3n) is 2.17. The monoisotopic (exact) mass is 183 g/mol. The summed E-state index contributed by atoms with van der Waals surface area (Å²) in [5.74, 6) is 0. The van der Waals surface area contributed by atoms with Crippen LogP contribution in [0.25, 0.3) is 0 Å². The van der Waals surface area contributed by atoms with E-state index in [-0.39, 0.29) is 12.1 Å². The van der Waals surface area contributed by atoms with Crippen molar-refractivity contribution in [3.63, 3.8) is 0 Å². The standard InChI is InChI=1S/C10H17NO2/c1-4-11-10(8(2)12-3)9-5-6-13-7-9/h5-8,10-11H,4H2,1-3H3. The highest BCUT2D eigenvalue weighted by molar-refractivity contribution is 5.13. The molecule has 0 aliphatic heterocycles. The molecule has 0 spiro atoms. The molecule has 1 rings (SSSR count). The molecule has 0 bridgehead atoms. The van der Waals surface area contributed by atoms with Gasteiger partial charge in [0.2, 0.25) is 0 Å². The van der Waals surface area contributed by atoms with Crippen molar-refractivity contribution < 1.29 is 9.15 Å². The zero-order valence-corrected chi connectivity index (χ0v) is 8.41. The molecule has 0 aromatic carbocycles. The highest BCUT2D eigenvalue weighted by atomic mass is 16.5. The van der Waals surface area contributed by atoms with Crippen molar-refractivity contribution in [2.75, 3.05) is 13.7 Å². The molecule has 0 amide bonds. The van der Waals surface area contributed by atoms with E-state index in [9.17, 15) is 0 Å². The van der Waals surface area contributed by atoms with E-state index in [4.69, 9.17) is 9.15 Å². The van der Waals surface area contributed by atoms with E-state index in [1.165, 1.54) is 0 Å². The quantitative estimate of drug-likeness (QED) is 0.757. The van der Waals surface area contributed by atoms with E-state index >= 15 is 0 Å². The minimum absolute atomic E-state index is 0.151. The molecule has 0 saturated carbocycles. The van der Waals surface area contributed by atoms with Crippen molar-refractivity contribution in [2.45, 2.75) is 26.0 Å². The fraction of sp³-hybridized carbons (Fsp3) is 0.600. The first-order valence-electron chi connectivity index (χ1n) is 4.57. The lowest BCUT2D eigenvalue weighted by atomic mass is 10.1. The molecule has 74 valence electrons. The Labute approximate surface area is 79.1 Å². The molecular formula is C10H17NO2. The first-order valence-corrected chi connectivity index (χ1v) is 4.57. The van der Waals surface area contributed by atoms with Gasteiger partial charge in [-0.25, -0.2) is 0 Å². The molecule has 1 aromatic rings. The van der Waals surface area contributed by atoms with Gasteiger partial charge in [-0.05, 0) is 19.5 Å². The van der Waals surface area contributed by atoms with Gasteiger partial charge in [-0.3, -0.25) is 0 Å². The van der Waals surface area contributed by atoms with Crippen LogP contribution in [0.4, 0.5) is 0 Å². The lowest BCUT2D eigenvalue weighted by Crippen LogP contribution is -2.30. The van der Waals surface area contributed by atoms with E-state index in [0.29, 0.717) is 0 Å². The predicted octanol–water partition coefficient (Wildman–Crippen LogP) is 1.97. The van der Waals surface area contributed by atoms with Gasteiger partial charge in [0, 0.05) is 12.7 Å². The molecule has 13 heavy (non-hydrogen) atoms.